The normalized spacial score (nSPS) is 12.1. The Bertz CT molecular complexity index is 758. The van der Waals surface area contributed by atoms with E-state index in [9.17, 15) is 13.2 Å². The molecule has 0 radical (unpaired) electrons. The molecule has 0 aliphatic carbocycles. The molecular formula is C15H18N2O4S. The van der Waals surface area contributed by atoms with Crippen LogP contribution in [0.15, 0.2) is 45.8 Å². The Labute approximate surface area is 129 Å². The number of carbonyl (C=O) groups excluding carboxylic acids is 1. The zero-order valence-electron chi connectivity index (χ0n) is 12.7. The molecule has 1 N–H and O–H groups in total. The van der Waals surface area contributed by atoms with Crippen molar-refractivity contribution in [1.29, 1.82) is 0 Å². The van der Waals surface area contributed by atoms with Crippen molar-refractivity contribution in [3.63, 3.8) is 0 Å². The Kier molecular flexibility index (Phi) is 4.37. The Hall–Kier alpha value is -2.15. The second-order valence-corrected chi connectivity index (χ2v) is 7.94. The van der Waals surface area contributed by atoms with Gasteiger partial charge in [0, 0.05) is 11.5 Å². The number of amides is 1. The molecule has 6 nitrogen and oxygen atoms in total. The maximum atomic E-state index is 12.1. The molecule has 2 aromatic rings. The van der Waals surface area contributed by atoms with Crippen molar-refractivity contribution in [3.8, 4) is 0 Å². The lowest BCUT2D eigenvalue weighted by Crippen LogP contribution is -2.22. The van der Waals surface area contributed by atoms with Crippen LogP contribution in [-0.4, -0.2) is 25.2 Å². The first kappa shape index (κ1) is 16.2. The molecule has 0 fully saturated rings. The van der Waals surface area contributed by atoms with Gasteiger partial charge >= 0.3 is 0 Å². The SMILES string of the molecule is CC(C)(C)c1cc(NC(=O)CS(=O)(=O)c2ccccc2)on1. The average Bonchev–Trinajstić information content (AvgIpc) is 2.87. The molecule has 1 amide bonds. The fraction of sp³-hybridized carbons (Fsp3) is 0.333. The maximum absolute atomic E-state index is 12.1. The van der Waals surface area contributed by atoms with Crippen LogP contribution in [0.1, 0.15) is 26.5 Å². The largest absolute Gasteiger partial charge is 0.338 e. The summed E-state index contributed by atoms with van der Waals surface area (Å²) in [5.74, 6) is -1.18. The van der Waals surface area contributed by atoms with Crippen LogP contribution in [0.5, 0.6) is 0 Å². The topological polar surface area (TPSA) is 89.3 Å². The van der Waals surface area contributed by atoms with Gasteiger partial charge < -0.3 is 4.52 Å². The van der Waals surface area contributed by atoms with E-state index < -0.39 is 21.5 Å². The van der Waals surface area contributed by atoms with Gasteiger partial charge in [0.15, 0.2) is 9.84 Å². The lowest BCUT2D eigenvalue weighted by molar-refractivity contribution is -0.114. The fourth-order valence-corrected chi connectivity index (χ4v) is 2.90. The molecule has 22 heavy (non-hydrogen) atoms. The van der Waals surface area contributed by atoms with Gasteiger partial charge in [-0.15, -0.1) is 0 Å². The number of anilines is 1. The molecule has 0 atom stereocenters. The van der Waals surface area contributed by atoms with Crippen LogP contribution in [0.25, 0.3) is 0 Å². The summed E-state index contributed by atoms with van der Waals surface area (Å²) in [6, 6.07) is 9.42. The van der Waals surface area contributed by atoms with Gasteiger partial charge in [-0.3, -0.25) is 10.1 Å². The van der Waals surface area contributed by atoms with E-state index >= 15 is 0 Å². The van der Waals surface area contributed by atoms with Gasteiger partial charge in [0.25, 0.3) is 0 Å². The summed E-state index contributed by atoms with van der Waals surface area (Å²) < 4.78 is 29.2. The minimum atomic E-state index is -3.68. The third-order valence-corrected chi connectivity index (χ3v) is 4.60. The van der Waals surface area contributed by atoms with Crippen LogP contribution in [0.4, 0.5) is 5.88 Å². The molecule has 0 aliphatic rings. The lowest BCUT2D eigenvalue weighted by Gasteiger charge is -2.12. The third-order valence-electron chi connectivity index (χ3n) is 2.96. The van der Waals surface area contributed by atoms with Gasteiger partial charge in [0.05, 0.1) is 10.6 Å². The number of benzene rings is 1. The van der Waals surface area contributed by atoms with Crippen LogP contribution in [0.3, 0.4) is 0 Å². The highest BCUT2D eigenvalue weighted by atomic mass is 32.2. The lowest BCUT2D eigenvalue weighted by atomic mass is 9.92. The molecule has 118 valence electrons. The molecule has 0 unspecified atom stereocenters. The monoisotopic (exact) mass is 322 g/mol. The van der Waals surface area contributed by atoms with Crippen LogP contribution < -0.4 is 5.32 Å². The predicted molar refractivity (Wildman–Crippen MR) is 82.3 cm³/mol. The molecule has 0 saturated heterocycles. The van der Waals surface area contributed by atoms with Crippen molar-refractivity contribution >= 4 is 21.6 Å². The smallest absolute Gasteiger partial charge is 0.242 e. The van der Waals surface area contributed by atoms with Crippen molar-refractivity contribution < 1.29 is 17.7 Å². The number of carbonyl (C=O) groups is 1. The van der Waals surface area contributed by atoms with Crippen molar-refractivity contribution in [1.82, 2.24) is 5.16 Å². The van der Waals surface area contributed by atoms with Gasteiger partial charge in [0.2, 0.25) is 11.8 Å². The maximum Gasteiger partial charge on any atom is 0.242 e. The Morgan fingerprint density at radius 1 is 1.23 bits per heavy atom. The van der Waals surface area contributed by atoms with Gasteiger partial charge in [-0.1, -0.05) is 44.1 Å². The second-order valence-electron chi connectivity index (χ2n) is 5.95. The summed E-state index contributed by atoms with van der Waals surface area (Å²) >= 11 is 0. The average molecular weight is 322 g/mol. The molecule has 2 rings (SSSR count). The number of sulfone groups is 1. The van der Waals surface area contributed by atoms with E-state index in [1.165, 1.54) is 12.1 Å². The quantitative estimate of drug-likeness (QED) is 0.933. The van der Waals surface area contributed by atoms with E-state index in [0.717, 1.165) is 0 Å². The number of hydrogen-bond acceptors (Lipinski definition) is 5. The van der Waals surface area contributed by atoms with Crippen molar-refractivity contribution in [2.75, 3.05) is 11.1 Å². The number of nitrogens with one attached hydrogen (secondary N) is 1. The van der Waals surface area contributed by atoms with Gasteiger partial charge in [-0.05, 0) is 12.1 Å². The van der Waals surface area contributed by atoms with Crippen LogP contribution in [0.2, 0.25) is 0 Å². The van der Waals surface area contributed by atoms with E-state index in [-0.39, 0.29) is 16.2 Å². The molecule has 7 heteroatoms. The van der Waals surface area contributed by atoms with Crippen molar-refractivity contribution in [2.24, 2.45) is 0 Å². The molecule has 1 aromatic heterocycles. The highest BCUT2D eigenvalue weighted by Gasteiger charge is 2.22. The second kappa shape index (κ2) is 5.92. The minimum Gasteiger partial charge on any atom is -0.338 e. The zero-order valence-corrected chi connectivity index (χ0v) is 13.5. The third kappa shape index (κ3) is 3.94. The molecule has 0 spiro atoms. The molecular weight excluding hydrogens is 304 g/mol. The number of rotatable bonds is 4. The fourth-order valence-electron chi connectivity index (χ4n) is 1.74. The van der Waals surface area contributed by atoms with E-state index in [1.54, 1.807) is 24.3 Å². The van der Waals surface area contributed by atoms with Gasteiger partial charge in [-0.2, -0.15) is 0 Å². The summed E-state index contributed by atoms with van der Waals surface area (Å²) in [4.78, 5) is 12.0. The van der Waals surface area contributed by atoms with E-state index in [4.69, 9.17) is 4.52 Å². The van der Waals surface area contributed by atoms with Gasteiger partial charge in [-0.25, -0.2) is 8.42 Å². The van der Waals surface area contributed by atoms with Crippen LogP contribution in [-0.2, 0) is 20.0 Å². The van der Waals surface area contributed by atoms with E-state index in [0.29, 0.717) is 5.69 Å². The first-order valence-corrected chi connectivity index (χ1v) is 8.38. The standard InChI is InChI=1S/C15H18N2O4S/c1-15(2,3)12-9-14(21-17-12)16-13(18)10-22(19,20)11-7-5-4-6-8-11/h4-9H,10H2,1-3H3,(H,16,18). The number of aromatic nitrogens is 1. The van der Waals surface area contributed by atoms with Crippen molar-refractivity contribution in [2.45, 2.75) is 31.1 Å². The zero-order chi connectivity index (χ0) is 16.4. The summed E-state index contributed by atoms with van der Waals surface area (Å²) in [7, 11) is -3.68. The first-order chi connectivity index (χ1) is 10.2. The summed E-state index contributed by atoms with van der Waals surface area (Å²) in [5, 5.41) is 6.27. The predicted octanol–water partition coefficient (Wildman–Crippen LogP) is 2.38. The number of hydrogen-bond donors (Lipinski definition) is 1. The van der Waals surface area contributed by atoms with E-state index in [2.05, 4.69) is 10.5 Å². The first-order valence-electron chi connectivity index (χ1n) is 6.73. The molecule has 0 bridgehead atoms. The number of nitrogens with zero attached hydrogens (tertiary/aromatic N) is 1. The Morgan fingerprint density at radius 2 is 1.86 bits per heavy atom. The van der Waals surface area contributed by atoms with Crippen LogP contribution >= 0.6 is 0 Å². The van der Waals surface area contributed by atoms with Gasteiger partial charge in [0.1, 0.15) is 5.75 Å². The highest BCUT2D eigenvalue weighted by molar-refractivity contribution is 7.92. The Balaban J connectivity index is 2.06. The molecule has 0 aliphatic heterocycles. The Morgan fingerprint density at radius 3 is 2.41 bits per heavy atom. The van der Waals surface area contributed by atoms with Crippen molar-refractivity contribution in [3.05, 3.63) is 42.1 Å². The summed E-state index contributed by atoms with van der Waals surface area (Å²) in [6.07, 6.45) is 0. The van der Waals surface area contributed by atoms with Crippen LogP contribution in [0, 0.1) is 0 Å². The highest BCUT2D eigenvalue weighted by Crippen LogP contribution is 2.23. The molecule has 1 heterocycles. The van der Waals surface area contributed by atoms with E-state index in [1.807, 2.05) is 20.8 Å². The molecule has 0 saturated carbocycles. The summed E-state index contributed by atoms with van der Waals surface area (Å²) in [6.45, 7) is 5.86. The minimum absolute atomic E-state index is 0.109. The summed E-state index contributed by atoms with van der Waals surface area (Å²) in [5.41, 5.74) is 0.455. The molecule has 1 aromatic carbocycles.